The van der Waals surface area contributed by atoms with Crippen LogP contribution in [0, 0.1) is 0 Å². The van der Waals surface area contributed by atoms with Gasteiger partial charge in [-0.25, -0.2) is 9.59 Å². The minimum absolute atomic E-state index is 0.0507. The molecule has 2 amide bonds. The Morgan fingerprint density at radius 1 is 1.06 bits per heavy atom. The van der Waals surface area contributed by atoms with E-state index in [1.165, 1.54) is 17.2 Å². The molecule has 0 bridgehead atoms. The van der Waals surface area contributed by atoms with Crippen molar-refractivity contribution in [1.29, 1.82) is 0 Å². The molecule has 1 aliphatic carbocycles. The van der Waals surface area contributed by atoms with Gasteiger partial charge in [-0.05, 0) is 35.1 Å². The molecule has 2 aliphatic rings. The first-order valence-corrected chi connectivity index (χ1v) is 11.3. The van der Waals surface area contributed by atoms with Gasteiger partial charge in [-0.15, -0.1) is 0 Å². The first-order valence-electron chi connectivity index (χ1n) is 11.3. The molecule has 1 aliphatic heterocycles. The summed E-state index contributed by atoms with van der Waals surface area (Å²) < 4.78 is 10.8. The fourth-order valence-electron chi connectivity index (χ4n) is 4.85. The molecule has 2 aromatic carbocycles. The number of ether oxygens (including phenoxy) is 1. The molecule has 180 valence electrons. The number of nitrogens with zero attached hydrogens (tertiary/aromatic N) is 1. The summed E-state index contributed by atoms with van der Waals surface area (Å²) >= 11 is 0. The van der Waals surface area contributed by atoms with Crippen molar-refractivity contribution in [2.24, 2.45) is 0 Å². The number of benzene rings is 2. The van der Waals surface area contributed by atoms with Gasteiger partial charge < -0.3 is 24.3 Å². The highest BCUT2D eigenvalue weighted by molar-refractivity contribution is 6.00. The van der Waals surface area contributed by atoms with Gasteiger partial charge in [-0.1, -0.05) is 48.5 Å². The number of furan rings is 1. The molecule has 0 radical (unpaired) electrons. The van der Waals surface area contributed by atoms with E-state index in [1.807, 2.05) is 48.5 Å². The van der Waals surface area contributed by atoms with Crippen LogP contribution in [-0.4, -0.2) is 58.4 Å². The highest BCUT2D eigenvalue weighted by Crippen LogP contribution is 2.44. The number of β-amino-alcohol motifs (C(OH)–C–C–N with tert-alkyl or cyclic N) is 1. The number of carbonyl (C=O) groups excluding carboxylic acids is 2. The van der Waals surface area contributed by atoms with Crippen molar-refractivity contribution in [2.45, 2.75) is 24.4 Å². The molecule has 0 saturated carbocycles. The maximum Gasteiger partial charge on any atom is 0.411 e. The number of likely N-dealkylation sites (tertiary alicyclic amines) is 1. The molecule has 0 spiro atoms. The van der Waals surface area contributed by atoms with E-state index < -0.39 is 23.6 Å². The van der Waals surface area contributed by atoms with Crippen molar-refractivity contribution in [3.05, 3.63) is 77.7 Å². The van der Waals surface area contributed by atoms with Crippen LogP contribution in [0.2, 0.25) is 0 Å². The number of amides is 2. The second kappa shape index (κ2) is 8.92. The Kier molecular flexibility index (Phi) is 5.78. The van der Waals surface area contributed by atoms with E-state index in [1.54, 1.807) is 0 Å². The van der Waals surface area contributed by atoms with Gasteiger partial charge in [0.15, 0.2) is 5.60 Å². The Morgan fingerprint density at radius 2 is 1.71 bits per heavy atom. The van der Waals surface area contributed by atoms with Gasteiger partial charge in [0.1, 0.15) is 6.61 Å². The zero-order valence-corrected chi connectivity index (χ0v) is 18.8. The number of hydrogen-bond donors (Lipinski definition) is 3. The summed E-state index contributed by atoms with van der Waals surface area (Å²) in [5.41, 5.74) is 2.48. The number of carboxylic acid groups (broad SMARTS) is 1. The van der Waals surface area contributed by atoms with Gasteiger partial charge >= 0.3 is 12.1 Å². The standard InChI is InChI=1S/C26H24N2O7/c29-23(28-12-5-11-26(33,15-28)24(30)31)22-21(10-13-34-22)27-25(32)35-14-20-18-8-3-1-6-16(18)17-7-2-4-9-19(17)20/h1-4,6-10,13,20,33H,5,11-12,14-15H2,(H,27,32)(H,30,31). The van der Waals surface area contributed by atoms with Crippen LogP contribution in [0.4, 0.5) is 10.5 Å². The largest absolute Gasteiger partial charge is 0.479 e. The lowest BCUT2D eigenvalue weighted by atomic mass is 9.93. The molecular formula is C26H24N2O7. The van der Waals surface area contributed by atoms with Gasteiger partial charge in [-0.3, -0.25) is 10.1 Å². The molecule has 35 heavy (non-hydrogen) atoms. The van der Waals surface area contributed by atoms with Crippen LogP contribution in [0.3, 0.4) is 0 Å². The second-order valence-corrected chi connectivity index (χ2v) is 8.78. The van der Waals surface area contributed by atoms with Crippen molar-refractivity contribution in [3.63, 3.8) is 0 Å². The van der Waals surface area contributed by atoms with Crippen LogP contribution >= 0.6 is 0 Å². The lowest BCUT2D eigenvalue weighted by Gasteiger charge is -2.35. The molecule has 9 nitrogen and oxygen atoms in total. The maximum atomic E-state index is 13.0. The summed E-state index contributed by atoms with van der Waals surface area (Å²) in [5, 5.41) is 22.1. The fraction of sp³-hybridized carbons (Fsp3) is 0.269. The normalized spacial score (nSPS) is 19.1. The number of nitrogens with one attached hydrogen (secondary N) is 1. The highest BCUT2D eigenvalue weighted by Gasteiger charge is 2.42. The third-order valence-electron chi connectivity index (χ3n) is 6.60. The maximum absolute atomic E-state index is 13.0. The van der Waals surface area contributed by atoms with E-state index in [2.05, 4.69) is 5.32 Å². The number of hydrogen-bond acceptors (Lipinski definition) is 6. The van der Waals surface area contributed by atoms with Gasteiger partial charge in [-0.2, -0.15) is 0 Å². The summed E-state index contributed by atoms with van der Waals surface area (Å²) in [4.78, 5) is 38.2. The molecule has 1 aromatic heterocycles. The Bertz CT molecular complexity index is 1250. The number of fused-ring (bicyclic) bond motifs is 3. The van der Waals surface area contributed by atoms with Crippen molar-refractivity contribution in [1.82, 2.24) is 4.90 Å². The van der Waals surface area contributed by atoms with Gasteiger partial charge in [0.2, 0.25) is 5.76 Å². The van der Waals surface area contributed by atoms with Crippen LogP contribution in [0.25, 0.3) is 11.1 Å². The zero-order chi connectivity index (χ0) is 24.6. The minimum Gasteiger partial charge on any atom is -0.479 e. The molecule has 1 atom stereocenters. The number of anilines is 1. The van der Waals surface area contributed by atoms with Crippen LogP contribution in [0.5, 0.6) is 0 Å². The summed E-state index contributed by atoms with van der Waals surface area (Å²) in [7, 11) is 0. The minimum atomic E-state index is -2.01. The zero-order valence-electron chi connectivity index (χ0n) is 18.8. The molecule has 9 heteroatoms. The van der Waals surface area contributed by atoms with Crippen molar-refractivity contribution >= 4 is 23.7 Å². The summed E-state index contributed by atoms with van der Waals surface area (Å²) in [6.07, 6.45) is 0.877. The monoisotopic (exact) mass is 476 g/mol. The smallest absolute Gasteiger partial charge is 0.411 e. The lowest BCUT2D eigenvalue weighted by Crippen LogP contribution is -2.54. The molecular weight excluding hydrogens is 452 g/mol. The van der Waals surface area contributed by atoms with E-state index >= 15 is 0 Å². The van der Waals surface area contributed by atoms with Crippen LogP contribution in [0.1, 0.15) is 40.4 Å². The first kappa shape index (κ1) is 22.7. The van der Waals surface area contributed by atoms with Crippen LogP contribution in [-0.2, 0) is 9.53 Å². The molecule has 1 unspecified atom stereocenters. The van der Waals surface area contributed by atoms with Crippen LogP contribution < -0.4 is 5.32 Å². The number of aliphatic carboxylic acids is 1. The third-order valence-corrected chi connectivity index (χ3v) is 6.60. The SMILES string of the molecule is O=C(Nc1ccoc1C(=O)N1CCCC(O)(C(=O)O)C1)OCC1c2ccccc2-c2ccccc21. The number of carbonyl (C=O) groups is 3. The topological polar surface area (TPSA) is 129 Å². The number of rotatable bonds is 5. The average molecular weight is 476 g/mol. The Hall–Kier alpha value is -4.11. The van der Waals surface area contributed by atoms with Crippen LogP contribution in [0.15, 0.2) is 65.3 Å². The first-order chi connectivity index (χ1) is 16.9. The lowest BCUT2D eigenvalue weighted by molar-refractivity contribution is -0.163. The highest BCUT2D eigenvalue weighted by atomic mass is 16.5. The quantitative estimate of drug-likeness (QED) is 0.512. The number of piperidine rings is 1. The van der Waals surface area contributed by atoms with E-state index in [4.69, 9.17) is 9.15 Å². The molecule has 2 heterocycles. The molecule has 1 saturated heterocycles. The van der Waals surface area contributed by atoms with E-state index in [0.717, 1.165) is 22.3 Å². The number of aliphatic hydroxyl groups is 1. The van der Waals surface area contributed by atoms with Crippen molar-refractivity contribution in [3.8, 4) is 11.1 Å². The average Bonchev–Trinajstić information content (AvgIpc) is 3.44. The van der Waals surface area contributed by atoms with Gasteiger partial charge in [0.05, 0.1) is 18.5 Å². The van der Waals surface area contributed by atoms with Crippen molar-refractivity contribution < 1.29 is 33.8 Å². The molecule has 3 aromatic rings. The molecule has 5 rings (SSSR count). The van der Waals surface area contributed by atoms with E-state index in [0.29, 0.717) is 6.42 Å². The molecule has 1 fully saturated rings. The Morgan fingerprint density at radius 3 is 2.37 bits per heavy atom. The summed E-state index contributed by atoms with van der Waals surface area (Å²) in [6.45, 7) is 0.00448. The number of carboxylic acids is 1. The summed E-state index contributed by atoms with van der Waals surface area (Å²) in [5.74, 6) is -2.27. The molecule has 3 N–H and O–H groups in total. The Balaban J connectivity index is 1.26. The summed E-state index contributed by atoms with van der Waals surface area (Å²) in [6, 6.07) is 17.4. The fourth-order valence-corrected chi connectivity index (χ4v) is 4.85. The Labute approximate surface area is 200 Å². The predicted octanol–water partition coefficient (Wildman–Crippen LogP) is 3.69. The van der Waals surface area contributed by atoms with Gasteiger partial charge in [0, 0.05) is 18.5 Å². The van der Waals surface area contributed by atoms with E-state index in [9.17, 15) is 24.6 Å². The van der Waals surface area contributed by atoms with E-state index in [-0.39, 0.29) is 43.5 Å². The van der Waals surface area contributed by atoms with Gasteiger partial charge in [0.25, 0.3) is 5.91 Å². The predicted molar refractivity (Wildman–Crippen MR) is 125 cm³/mol. The van der Waals surface area contributed by atoms with Crippen molar-refractivity contribution in [2.75, 3.05) is 25.0 Å². The second-order valence-electron chi connectivity index (χ2n) is 8.78. The third kappa shape index (κ3) is 4.15.